The molecule has 0 amide bonds. The van der Waals surface area contributed by atoms with Crippen molar-refractivity contribution in [1.82, 2.24) is 19.7 Å². The summed E-state index contributed by atoms with van der Waals surface area (Å²) < 4.78 is 39.9. The molecule has 250 valence electrons. The Morgan fingerprint density at radius 3 is 2.74 bits per heavy atom. The topological polar surface area (TPSA) is 192 Å². The van der Waals surface area contributed by atoms with Gasteiger partial charge in [0.15, 0.2) is 11.4 Å². The lowest BCUT2D eigenvalue weighted by atomic mass is 9.91. The number of aliphatic imine (C=N–C) groups is 1. The molecule has 1 saturated heterocycles. The Hall–Kier alpha value is -3.91. The van der Waals surface area contributed by atoms with E-state index in [0.717, 1.165) is 37.5 Å². The smallest absolute Gasteiger partial charge is 0.459 e. The number of nitrogen functional groups attached to an aromatic ring is 1. The Balaban J connectivity index is 1.26. The van der Waals surface area contributed by atoms with Crippen molar-refractivity contribution in [2.45, 2.75) is 75.1 Å². The average Bonchev–Trinajstić information content (AvgIpc) is 3.61. The minimum absolute atomic E-state index is 0.162. The molecule has 3 heterocycles. The standard InChI is InChI=1S/C32H39N6O8P/c1-20(31(41)44-22-11-4-3-5-12-22)37-47(42,46-25-14-8-10-21-9-6-7-13-23(21)25)43-17-26-28(39)29(40)32(45-26,18-34-2)27-16-15-24-30(33)35-19-36-38(24)27/h6-10,13-16,19-20,22,26,28-29,39-40H,2-5,11-12,17-18H2,1H3,(H,37,42)(H2,33,35,36)/t20-,26+,28+,29+,32-,47?/m0/s1. The number of rotatable bonds is 12. The van der Waals surface area contributed by atoms with Crippen LogP contribution in [0.5, 0.6) is 5.75 Å². The number of hydrogen-bond donors (Lipinski definition) is 4. The van der Waals surface area contributed by atoms with Gasteiger partial charge in [0.1, 0.15) is 48.1 Å². The molecule has 14 nitrogen and oxygen atoms in total. The molecule has 2 aromatic carbocycles. The van der Waals surface area contributed by atoms with Gasteiger partial charge < -0.3 is 29.9 Å². The van der Waals surface area contributed by atoms with Crippen LogP contribution in [0.25, 0.3) is 16.3 Å². The summed E-state index contributed by atoms with van der Waals surface area (Å²) in [6, 6.07) is 14.9. The second kappa shape index (κ2) is 13.7. The lowest BCUT2D eigenvalue weighted by molar-refractivity contribution is -0.152. The van der Waals surface area contributed by atoms with E-state index in [9.17, 15) is 19.6 Å². The number of fused-ring (bicyclic) bond motifs is 2. The first-order valence-electron chi connectivity index (χ1n) is 15.6. The van der Waals surface area contributed by atoms with Gasteiger partial charge in [-0.1, -0.05) is 42.8 Å². The van der Waals surface area contributed by atoms with Crippen molar-refractivity contribution in [3.8, 4) is 5.75 Å². The Morgan fingerprint density at radius 1 is 1.19 bits per heavy atom. The van der Waals surface area contributed by atoms with Gasteiger partial charge in [0.25, 0.3) is 0 Å². The molecule has 0 bridgehead atoms. The largest absolute Gasteiger partial charge is 0.461 e. The molecule has 2 aromatic heterocycles. The molecule has 0 radical (unpaired) electrons. The minimum Gasteiger partial charge on any atom is -0.461 e. The maximum Gasteiger partial charge on any atom is 0.459 e. The molecule has 1 saturated carbocycles. The van der Waals surface area contributed by atoms with Crippen LogP contribution in [0, 0.1) is 0 Å². The van der Waals surface area contributed by atoms with Crippen LogP contribution in [-0.2, 0) is 29.0 Å². The third kappa shape index (κ3) is 6.62. The first-order chi connectivity index (χ1) is 22.6. The van der Waals surface area contributed by atoms with Crippen LogP contribution in [0.3, 0.4) is 0 Å². The van der Waals surface area contributed by atoms with Gasteiger partial charge in [-0.25, -0.2) is 14.1 Å². The lowest BCUT2D eigenvalue weighted by Crippen LogP contribution is -2.44. The summed E-state index contributed by atoms with van der Waals surface area (Å²) in [5.41, 5.74) is 5.20. The van der Waals surface area contributed by atoms with Crippen LogP contribution < -0.4 is 15.3 Å². The van der Waals surface area contributed by atoms with Gasteiger partial charge >= 0.3 is 13.7 Å². The van der Waals surface area contributed by atoms with Gasteiger partial charge in [-0.2, -0.15) is 10.2 Å². The van der Waals surface area contributed by atoms with E-state index in [-0.39, 0.29) is 24.2 Å². The predicted octanol–water partition coefficient (Wildman–Crippen LogP) is 3.54. The number of ether oxygens (including phenoxy) is 2. The van der Waals surface area contributed by atoms with Gasteiger partial charge in [-0.15, -0.1) is 0 Å². The molecule has 4 aromatic rings. The van der Waals surface area contributed by atoms with E-state index in [1.807, 2.05) is 30.3 Å². The Bertz CT molecular complexity index is 1790. The fourth-order valence-corrected chi connectivity index (χ4v) is 7.81. The summed E-state index contributed by atoms with van der Waals surface area (Å²) in [5.74, 6) is -0.135. The summed E-state index contributed by atoms with van der Waals surface area (Å²) >= 11 is 0. The molecule has 6 atom stereocenters. The summed E-state index contributed by atoms with van der Waals surface area (Å²) in [7, 11) is -4.37. The monoisotopic (exact) mass is 666 g/mol. The van der Waals surface area contributed by atoms with Gasteiger partial charge in [0, 0.05) is 5.39 Å². The third-order valence-electron chi connectivity index (χ3n) is 8.72. The molecule has 2 aliphatic rings. The SMILES string of the molecule is C=NC[C@@]1(c2ccc3c(N)ncnn23)O[C@H](COP(=O)(N[C@@H](C)C(=O)OC2CCCCC2)Oc2cccc3ccccc23)[C@@H](O)[C@H]1O. The number of esters is 1. The van der Waals surface area contributed by atoms with Crippen molar-refractivity contribution >= 4 is 42.5 Å². The maximum atomic E-state index is 14.5. The molecule has 1 aliphatic carbocycles. The van der Waals surface area contributed by atoms with E-state index in [0.29, 0.717) is 16.6 Å². The molecule has 0 spiro atoms. The van der Waals surface area contributed by atoms with Crippen LogP contribution >= 0.6 is 7.75 Å². The molecule has 47 heavy (non-hydrogen) atoms. The summed E-state index contributed by atoms with van der Waals surface area (Å²) in [6.45, 7) is 4.42. The Labute approximate surface area is 271 Å². The van der Waals surface area contributed by atoms with Crippen molar-refractivity contribution in [2.24, 2.45) is 4.99 Å². The van der Waals surface area contributed by atoms with E-state index in [1.54, 1.807) is 24.3 Å². The number of nitrogens with one attached hydrogen (secondary N) is 1. The molecule has 15 heteroatoms. The Kier molecular flexibility index (Phi) is 9.60. The summed E-state index contributed by atoms with van der Waals surface area (Å²) in [5, 5.41) is 31.1. The van der Waals surface area contributed by atoms with E-state index in [4.69, 9.17) is 24.3 Å². The van der Waals surface area contributed by atoms with E-state index < -0.39 is 50.3 Å². The average molecular weight is 667 g/mol. The highest BCUT2D eigenvalue weighted by atomic mass is 31.2. The second-order valence-electron chi connectivity index (χ2n) is 11.9. The quantitative estimate of drug-likeness (QED) is 0.0978. The van der Waals surface area contributed by atoms with Crippen molar-refractivity contribution < 1.29 is 38.1 Å². The molecule has 1 unspecified atom stereocenters. The first-order valence-corrected chi connectivity index (χ1v) is 17.1. The van der Waals surface area contributed by atoms with Crippen LogP contribution in [0.15, 0.2) is 65.9 Å². The summed E-state index contributed by atoms with van der Waals surface area (Å²) in [6.07, 6.45) is 1.39. The number of carbonyl (C=O) groups is 1. The predicted molar refractivity (Wildman–Crippen MR) is 174 cm³/mol. The fourth-order valence-electron chi connectivity index (χ4n) is 6.29. The summed E-state index contributed by atoms with van der Waals surface area (Å²) in [4.78, 5) is 21.0. The number of aromatic nitrogens is 3. The number of nitrogens with zero attached hydrogens (tertiary/aromatic N) is 4. The highest BCUT2D eigenvalue weighted by Crippen LogP contribution is 2.49. The normalized spacial score (nSPS) is 25.4. The molecular weight excluding hydrogens is 627 g/mol. The number of aliphatic hydroxyl groups is 2. The maximum absolute atomic E-state index is 14.5. The van der Waals surface area contributed by atoms with Gasteiger partial charge in [0.2, 0.25) is 0 Å². The molecule has 1 aliphatic heterocycles. The van der Waals surface area contributed by atoms with Crippen LogP contribution in [0.4, 0.5) is 5.82 Å². The number of anilines is 1. The van der Waals surface area contributed by atoms with E-state index in [1.165, 1.54) is 17.8 Å². The number of hydrogen-bond acceptors (Lipinski definition) is 12. The van der Waals surface area contributed by atoms with Gasteiger partial charge in [0.05, 0.1) is 18.8 Å². The fraction of sp³-hybridized carbons (Fsp3) is 0.438. The van der Waals surface area contributed by atoms with E-state index >= 15 is 0 Å². The number of benzene rings is 2. The number of nitrogens with two attached hydrogens (primary N) is 1. The number of aliphatic hydroxyl groups excluding tert-OH is 2. The zero-order valence-corrected chi connectivity index (χ0v) is 26.9. The van der Waals surface area contributed by atoms with Gasteiger partial charge in [-0.05, 0) is 62.9 Å². The van der Waals surface area contributed by atoms with Crippen molar-refractivity contribution in [3.05, 3.63) is 66.6 Å². The highest BCUT2D eigenvalue weighted by molar-refractivity contribution is 7.52. The van der Waals surface area contributed by atoms with Gasteiger partial charge in [-0.3, -0.25) is 14.3 Å². The first kappa shape index (κ1) is 33.0. The van der Waals surface area contributed by atoms with Crippen LogP contribution in [-0.4, -0.2) is 81.1 Å². The molecular formula is C32H39N6O8P. The number of carbonyl (C=O) groups excluding carboxylic acids is 1. The van der Waals surface area contributed by atoms with E-state index in [2.05, 4.69) is 26.9 Å². The Morgan fingerprint density at radius 2 is 1.96 bits per heavy atom. The van der Waals surface area contributed by atoms with Crippen LogP contribution in [0.1, 0.15) is 44.7 Å². The zero-order chi connectivity index (χ0) is 33.2. The molecule has 5 N–H and O–H groups in total. The molecule has 2 fully saturated rings. The lowest BCUT2D eigenvalue weighted by Gasteiger charge is -2.30. The van der Waals surface area contributed by atoms with Crippen LogP contribution in [0.2, 0.25) is 0 Å². The molecule has 6 rings (SSSR count). The van der Waals surface area contributed by atoms with Crippen molar-refractivity contribution in [2.75, 3.05) is 18.9 Å². The zero-order valence-electron chi connectivity index (χ0n) is 26.0. The highest BCUT2D eigenvalue weighted by Gasteiger charge is 2.57. The van der Waals surface area contributed by atoms with Crippen molar-refractivity contribution in [1.29, 1.82) is 0 Å². The minimum atomic E-state index is -4.37. The second-order valence-corrected chi connectivity index (χ2v) is 13.6. The van der Waals surface area contributed by atoms with Crippen molar-refractivity contribution in [3.63, 3.8) is 0 Å². The third-order valence-corrected chi connectivity index (χ3v) is 10.4.